The lowest BCUT2D eigenvalue weighted by Gasteiger charge is -2.10. The lowest BCUT2D eigenvalue weighted by Crippen LogP contribution is -2.22. The van der Waals surface area contributed by atoms with E-state index in [9.17, 15) is 14.7 Å². The summed E-state index contributed by atoms with van der Waals surface area (Å²) in [6, 6.07) is 13.7. The van der Waals surface area contributed by atoms with Crippen molar-refractivity contribution in [3.05, 3.63) is 59.7 Å². The molecule has 1 N–H and O–H groups in total. The second-order valence-electron chi connectivity index (χ2n) is 5.36. The third kappa shape index (κ3) is 4.06. The molecule has 0 fully saturated rings. The van der Waals surface area contributed by atoms with E-state index in [1.165, 1.54) is 30.0 Å². The molecule has 1 aromatic heterocycles. The number of nitrogens with zero attached hydrogens (tertiary/aromatic N) is 4. The smallest absolute Gasteiger partial charge is 0.234 e. The summed E-state index contributed by atoms with van der Waals surface area (Å²) in [5, 5.41) is 25.6. The van der Waals surface area contributed by atoms with Crippen molar-refractivity contribution in [2.45, 2.75) is 12.1 Å². The van der Waals surface area contributed by atoms with E-state index in [-0.39, 0.29) is 17.2 Å². The third-order valence-electron chi connectivity index (χ3n) is 3.51. The number of carboxylic acids is 1. The molecule has 9 heteroatoms. The molecule has 0 saturated heterocycles. The van der Waals surface area contributed by atoms with Gasteiger partial charge >= 0.3 is 0 Å². The Balaban J connectivity index is 1.64. The van der Waals surface area contributed by atoms with Crippen molar-refractivity contribution >= 4 is 29.3 Å². The molecule has 0 aliphatic rings. The number of aryl methyl sites for hydroxylation is 1. The van der Waals surface area contributed by atoms with E-state index in [4.69, 9.17) is 0 Å². The summed E-state index contributed by atoms with van der Waals surface area (Å²) >= 11 is 1.20. The molecule has 26 heavy (non-hydrogen) atoms. The number of para-hydroxylation sites is 1. The second-order valence-corrected chi connectivity index (χ2v) is 6.31. The average Bonchev–Trinajstić information content (AvgIpc) is 3.11. The number of rotatable bonds is 6. The van der Waals surface area contributed by atoms with E-state index in [2.05, 4.69) is 20.8 Å². The number of anilines is 1. The van der Waals surface area contributed by atoms with Gasteiger partial charge in [-0.05, 0) is 52.7 Å². The van der Waals surface area contributed by atoms with Crippen molar-refractivity contribution in [3.63, 3.8) is 0 Å². The number of aromatic carboxylic acids is 1. The highest BCUT2D eigenvalue weighted by Crippen LogP contribution is 2.20. The highest BCUT2D eigenvalue weighted by molar-refractivity contribution is 7.99. The minimum atomic E-state index is -1.26. The van der Waals surface area contributed by atoms with Gasteiger partial charge in [0.2, 0.25) is 11.1 Å². The van der Waals surface area contributed by atoms with Gasteiger partial charge in [-0.2, -0.15) is 4.68 Å². The molecular weight excluding hydrogens is 354 g/mol. The lowest BCUT2D eigenvalue weighted by molar-refractivity contribution is -0.255. The summed E-state index contributed by atoms with van der Waals surface area (Å²) in [5.41, 5.74) is 2.05. The summed E-state index contributed by atoms with van der Waals surface area (Å²) in [6.45, 7) is 1.71. The highest BCUT2D eigenvalue weighted by atomic mass is 32.2. The number of amides is 1. The number of benzene rings is 2. The van der Waals surface area contributed by atoms with Crippen LogP contribution in [0.2, 0.25) is 0 Å². The molecule has 0 atom stereocenters. The summed E-state index contributed by atoms with van der Waals surface area (Å²) < 4.78 is 1.55. The van der Waals surface area contributed by atoms with Gasteiger partial charge in [-0.15, -0.1) is 5.10 Å². The quantitative estimate of drug-likeness (QED) is 0.647. The van der Waals surface area contributed by atoms with Crippen LogP contribution in [0.15, 0.2) is 53.7 Å². The van der Waals surface area contributed by atoms with E-state index in [1.807, 2.05) is 30.3 Å². The Kier molecular flexibility index (Phi) is 5.28. The van der Waals surface area contributed by atoms with Crippen molar-refractivity contribution in [3.8, 4) is 5.69 Å². The first-order chi connectivity index (χ1) is 12.5. The van der Waals surface area contributed by atoms with Crippen molar-refractivity contribution < 1.29 is 14.7 Å². The van der Waals surface area contributed by atoms with Crippen LogP contribution in [-0.2, 0) is 4.79 Å². The summed E-state index contributed by atoms with van der Waals surface area (Å²) in [5.74, 6) is -1.40. The average molecular weight is 368 g/mol. The first kappa shape index (κ1) is 17.6. The number of carboxylic acid groups (broad SMARTS) is 1. The zero-order chi connectivity index (χ0) is 18.5. The molecule has 0 aliphatic carbocycles. The first-order valence-electron chi connectivity index (χ1n) is 7.63. The van der Waals surface area contributed by atoms with Crippen LogP contribution in [0.4, 0.5) is 5.69 Å². The zero-order valence-corrected chi connectivity index (χ0v) is 14.6. The van der Waals surface area contributed by atoms with Gasteiger partial charge in [0.25, 0.3) is 0 Å². The van der Waals surface area contributed by atoms with E-state index in [0.29, 0.717) is 16.4 Å². The van der Waals surface area contributed by atoms with Gasteiger partial charge in [-0.1, -0.05) is 36.0 Å². The van der Waals surface area contributed by atoms with Gasteiger partial charge in [-0.25, -0.2) is 0 Å². The number of tetrazole rings is 1. The number of thioether (sulfide) groups is 1. The monoisotopic (exact) mass is 368 g/mol. The van der Waals surface area contributed by atoms with Crippen LogP contribution in [0, 0.1) is 6.92 Å². The topological polar surface area (TPSA) is 113 Å². The predicted octanol–water partition coefficient (Wildman–Crippen LogP) is 1.07. The van der Waals surface area contributed by atoms with Crippen LogP contribution in [0.3, 0.4) is 0 Å². The van der Waals surface area contributed by atoms with Crippen molar-refractivity contribution in [2.24, 2.45) is 0 Å². The van der Waals surface area contributed by atoms with Gasteiger partial charge in [0, 0.05) is 5.69 Å². The fraction of sp³-hybridized carbons (Fsp3) is 0.118. The van der Waals surface area contributed by atoms with E-state index in [0.717, 1.165) is 5.69 Å². The molecule has 3 aromatic rings. The van der Waals surface area contributed by atoms with Crippen LogP contribution in [0.1, 0.15) is 15.9 Å². The van der Waals surface area contributed by atoms with Crippen LogP contribution < -0.4 is 10.4 Å². The van der Waals surface area contributed by atoms with Gasteiger partial charge in [0.1, 0.15) is 0 Å². The molecule has 0 spiro atoms. The van der Waals surface area contributed by atoms with Crippen LogP contribution in [0.5, 0.6) is 0 Å². The molecule has 0 aliphatic heterocycles. The van der Waals surface area contributed by atoms with Crippen LogP contribution in [-0.4, -0.2) is 37.8 Å². The molecular formula is C17H14N5O3S-. The Hall–Kier alpha value is -3.20. The summed E-state index contributed by atoms with van der Waals surface area (Å²) in [4.78, 5) is 23.0. The van der Waals surface area contributed by atoms with Gasteiger partial charge in [-0.3, -0.25) is 4.79 Å². The fourth-order valence-corrected chi connectivity index (χ4v) is 2.94. The van der Waals surface area contributed by atoms with Gasteiger partial charge in [0.15, 0.2) is 0 Å². The van der Waals surface area contributed by atoms with E-state index < -0.39 is 5.97 Å². The van der Waals surface area contributed by atoms with Gasteiger partial charge < -0.3 is 15.2 Å². The minimum Gasteiger partial charge on any atom is -0.545 e. The van der Waals surface area contributed by atoms with Crippen molar-refractivity contribution in [1.82, 2.24) is 20.2 Å². The van der Waals surface area contributed by atoms with Gasteiger partial charge in [0.05, 0.1) is 17.4 Å². The molecule has 8 nitrogen and oxygen atoms in total. The zero-order valence-electron chi connectivity index (χ0n) is 13.7. The maximum Gasteiger partial charge on any atom is 0.234 e. The highest BCUT2D eigenvalue weighted by Gasteiger charge is 2.12. The van der Waals surface area contributed by atoms with Crippen molar-refractivity contribution in [2.75, 3.05) is 11.1 Å². The number of carbonyl (C=O) groups excluding carboxylic acids is 2. The Labute approximate surface area is 153 Å². The molecule has 0 radical (unpaired) electrons. The predicted molar refractivity (Wildman–Crippen MR) is 94.0 cm³/mol. The number of nitrogens with one attached hydrogen (secondary N) is 1. The standard InChI is InChI=1S/C17H15N5O3S/c1-11-9-12(16(24)25)7-8-14(11)18-15(23)10-26-17-19-20-21-22(17)13-5-3-2-4-6-13/h2-9H,10H2,1H3,(H,18,23)(H,24,25)/p-1. The maximum absolute atomic E-state index is 12.2. The Morgan fingerprint density at radius 2 is 1.96 bits per heavy atom. The number of carbonyl (C=O) groups is 2. The van der Waals surface area contributed by atoms with E-state index in [1.54, 1.807) is 11.6 Å². The molecule has 0 unspecified atom stereocenters. The SMILES string of the molecule is Cc1cc(C(=O)[O-])ccc1NC(=O)CSc1nnnn1-c1ccccc1. The molecule has 3 rings (SSSR count). The van der Waals surface area contributed by atoms with Crippen LogP contribution in [0.25, 0.3) is 5.69 Å². The minimum absolute atomic E-state index is 0.0666. The fourth-order valence-electron chi connectivity index (χ4n) is 2.25. The van der Waals surface area contributed by atoms with Crippen LogP contribution >= 0.6 is 11.8 Å². The van der Waals surface area contributed by atoms with Crippen molar-refractivity contribution in [1.29, 1.82) is 0 Å². The molecule has 1 amide bonds. The number of hydrogen-bond donors (Lipinski definition) is 1. The Bertz CT molecular complexity index is 943. The largest absolute Gasteiger partial charge is 0.545 e. The van der Waals surface area contributed by atoms with E-state index >= 15 is 0 Å². The summed E-state index contributed by atoms with van der Waals surface area (Å²) in [6.07, 6.45) is 0. The number of aromatic nitrogens is 4. The Morgan fingerprint density at radius 1 is 1.19 bits per heavy atom. The second kappa shape index (κ2) is 7.79. The lowest BCUT2D eigenvalue weighted by atomic mass is 10.1. The number of hydrogen-bond acceptors (Lipinski definition) is 7. The molecule has 132 valence electrons. The first-order valence-corrected chi connectivity index (χ1v) is 8.61. The molecule has 2 aromatic carbocycles. The third-order valence-corrected chi connectivity index (χ3v) is 4.43. The normalized spacial score (nSPS) is 10.5. The Morgan fingerprint density at radius 3 is 2.65 bits per heavy atom. The molecule has 1 heterocycles. The maximum atomic E-state index is 12.2. The molecule has 0 bridgehead atoms. The molecule has 0 saturated carbocycles. The summed E-state index contributed by atoms with van der Waals surface area (Å²) in [7, 11) is 0.